The van der Waals surface area contributed by atoms with Crippen LogP contribution in [0.2, 0.25) is 5.04 Å². The molecular weight excluding hydrogens is 781 g/mol. The highest BCUT2D eigenvalue weighted by atomic mass is 127. The number of benzene rings is 3. The number of rotatable bonds is 9. The van der Waals surface area contributed by atoms with Crippen LogP contribution in [-0.4, -0.2) is 54.7 Å². The van der Waals surface area contributed by atoms with E-state index in [0.29, 0.717) is 15.7 Å². The van der Waals surface area contributed by atoms with Gasteiger partial charge in [-0.3, -0.25) is 14.5 Å². The lowest BCUT2D eigenvalue weighted by Gasteiger charge is -2.48. The Labute approximate surface area is 311 Å². The van der Waals surface area contributed by atoms with Crippen LogP contribution in [0.3, 0.4) is 0 Å². The lowest BCUT2D eigenvalue weighted by molar-refractivity contribution is -0.273. The fourth-order valence-electron chi connectivity index (χ4n) is 8.58. The second-order valence-electron chi connectivity index (χ2n) is 14.6. The van der Waals surface area contributed by atoms with Crippen molar-refractivity contribution in [2.75, 3.05) is 13.7 Å². The summed E-state index contributed by atoms with van der Waals surface area (Å²) >= 11 is 3.56. The molecule has 0 unspecified atom stereocenters. The fourth-order valence-corrected chi connectivity index (χ4v) is 14.5. The minimum atomic E-state index is -3.01. The van der Waals surface area contributed by atoms with Crippen LogP contribution >= 0.6 is 33.9 Å². The van der Waals surface area contributed by atoms with Crippen LogP contribution in [0.15, 0.2) is 90.3 Å². The number of aliphatic hydroxyl groups is 1. The van der Waals surface area contributed by atoms with E-state index < -0.39 is 43.9 Å². The summed E-state index contributed by atoms with van der Waals surface area (Å²) < 4.78 is 20.1. The van der Waals surface area contributed by atoms with Crippen molar-refractivity contribution in [3.05, 3.63) is 104 Å². The van der Waals surface area contributed by atoms with Crippen molar-refractivity contribution in [3.8, 4) is 11.5 Å². The molecule has 11 heteroatoms. The molecule has 0 bridgehead atoms. The first kappa shape index (κ1) is 35.3. The second-order valence-corrected chi connectivity index (χ2v) is 21.1. The first-order valence-electron chi connectivity index (χ1n) is 17.0. The predicted octanol–water partition coefficient (Wildman–Crippen LogP) is 6.23. The summed E-state index contributed by atoms with van der Waals surface area (Å²) in [5, 5.41) is 27.3. The highest BCUT2D eigenvalue weighted by molar-refractivity contribution is 14.1. The van der Waals surface area contributed by atoms with E-state index in [1.165, 1.54) is 23.3 Å². The molecule has 4 aromatic rings. The van der Waals surface area contributed by atoms with Gasteiger partial charge in [0.15, 0.2) is 17.3 Å². The van der Waals surface area contributed by atoms with Gasteiger partial charge >= 0.3 is 0 Å². The Morgan fingerprint density at radius 3 is 2.22 bits per heavy atom. The van der Waals surface area contributed by atoms with Gasteiger partial charge in [-0.05, 0) is 80.0 Å². The standard InChI is InChI=1S/C39H42INO7SSi/c1-38(2,3)50(27-13-7-5-8-14-27,28-15-9-6-10-16-28)47-23-25-20-29-34(37(44)41(36(29)43)22-26-12-11-17-49-26)30-21-32(48-39(25,30)45)24-18-31(40)35(42)33(19-24)46-4/h5-19,25,29-30,32,34,42,45H,20-23H2,1-4H3/t25-,29+,30+,32+,34+,39-/m1/s1. The molecule has 8 nitrogen and oxygen atoms in total. The molecule has 3 heterocycles. The largest absolute Gasteiger partial charge is 0.504 e. The van der Waals surface area contributed by atoms with E-state index in [1.54, 1.807) is 6.07 Å². The lowest BCUT2D eigenvalue weighted by Crippen LogP contribution is -2.67. The number of phenols is 1. The summed E-state index contributed by atoms with van der Waals surface area (Å²) in [6.45, 7) is 6.97. The van der Waals surface area contributed by atoms with Crippen molar-refractivity contribution >= 4 is 64.4 Å². The van der Waals surface area contributed by atoms with E-state index in [2.05, 4.69) is 67.6 Å². The summed E-state index contributed by atoms with van der Waals surface area (Å²) in [6, 6.07) is 28.0. The van der Waals surface area contributed by atoms with Crippen LogP contribution in [0.25, 0.3) is 0 Å². The molecule has 0 spiro atoms. The number of hydrogen-bond donors (Lipinski definition) is 2. The maximum absolute atomic E-state index is 14.2. The van der Waals surface area contributed by atoms with Crippen molar-refractivity contribution in [2.24, 2.45) is 23.7 Å². The third-order valence-electron chi connectivity index (χ3n) is 10.9. The first-order chi connectivity index (χ1) is 23.9. The molecule has 7 rings (SSSR count). The van der Waals surface area contributed by atoms with Crippen molar-refractivity contribution in [2.45, 2.75) is 57.1 Å². The monoisotopic (exact) mass is 823 g/mol. The first-order valence-corrected chi connectivity index (χ1v) is 20.8. The zero-order valence-electron chi connectivity index (χ0n) is 28.5. The number of methoxy groups -OCH3 is 1. The number of ether oxygens (including phenoxy) is 2. The van der Waals surface area contributed by atoms with Crippen molar-refractivity contribution < 1.29 is 33.7 Å². The van der Waals surface area contributed by atoms with Crippen LogP contribution in [0, 0.1) is 27.2 Å². The number of amides is 2. The summed E-state index contributed by atoms with van der Waals surface area (Å²) in [5.41, 5.74) is 0.724. The highest BCUT2D eigenvalue weighted by Gasteiger charge is 2.67. The molecule has 2 saturated heterocycles. The van der Waals surface area contributed by atoms with Crippen LogP contribution in [0.5, 0.6) is 11.5 Å². The highest BCUT2D eigenvalue weighted by Crippen LogP contribution is 2.59. The van der Waals surface area contributed by atoms with Crippen LogP contribution < -0.4 is 15.1 Å². The Morgan fingerprint density at radius 2 is 1.64 bits per heavy atom. The predicted molar refractivity (Wildman–Crippen MR) is 203 cm³/mol. The molecule has 2 amide bonds. The van der Waals surface area contributed by atoms with E-state index in [1.807, 2.05) is 60.0 Å². The van der Waals surface area contributed by atoms with E-state index in [-0.39, 0.29) is 42.2 Å². The molecule has 6 atom stereocenters. The second kappa shape index (κ2) is 13.5. The molecule has 262 valence electrons. The Kier molecular flexibility index (Phi) is 9.53. The number of phenolic OH excluding ortho intramolecular Hbond substituents is 1. The topological polar surface area (TPSA) is 106 Å². The maximum atomic E-state index is 14.2. The Bertz CT molecular complexity index is 1830. The zero-order chi connectivity index (χ0) is 35.4. The van der Waals surface area contributed by atoms with Crippen LogP contribution in [0.4, 0.5) is 0 Å². The number of imide groups is 1. The van der Waals surface area contributed by atoms with Gasteiger partial charge < -0.3 is 24.1 Å². The maximum Gasteiger partial charge on any atom is 0.261 e. The minimum absolute atomic E-state index is 0.0309. The van der Waals surface area contributed by atoms with Gasteiger partial charge in [-0.25, -0.2) is 0 Å². The zero-order valence-corrected chi connectivity index (χ0v) is 32.5. The molecule has 1 aliphatic carbocycles. The van der Waals surface area contributed by atoms with Crippen molar-refractivity contribution in [3.63, 3.8) is 0 Å². The van der Waals surface area contributed by atoms with Crippen molar-refractivity contribution in [1.82, 2.24) is 4.90 Å². The van der Waals surface area contributed by atoms with E-state index in [9.17, 15) is 19.8 Å². The van der Waals surface area contributed by atoms with Crippen molar-refractivity contribution in [1.29, 1.82) is 0 Å². The molecule has 1 saturated carbocycles. The quantitative estimate of drug-likeness (QED) is 0.117. The number of fused-ring (bicyclic) bond motifs is 3. The molecule has 2 aliphatic heterocycles. The van der Waals surface area contributed by atoms with E-state index >= 15 is 0 Å². The van der Waals surface area contributed by atoms with Gasteiger partial charge in [0, 0.05) is 23.3 Å². The summed E-state index contributed by atoms with van der Waals surface area (Å²) in [4.78, 5) is 30.6. The molecule has 2 N–H and O–H groups in total. The fraction of sp³-hybridized carbons (Fsp3) is 0.385. The van der Waals surface area contributed by atoms with Gasteiger partial charge in [0.25, 0.3) is 8.32 Å². The van der Waals surface area contributed by atoms with Gasteiger partial charge in [-0.2, -0.15) is 0 Å². The Hall–Kier alpha value is -3.07. The number of likely N-dealkylation sites (tertiary alicyclic amines) is 1. The van der Waals surface area contributed by atoms with Gasteiger partial charge in [-0.1, -0.05) is 87.5 Å². The van der Waals surface area contributed by atoms with Gasteiger partial charge in [-0.15, -0.1) is 11.3 Å². The molecule has 3 aliphatic rings. The smallest absolute Gasteiger partial charge is 0.261 e. The summed E-state index contributed by atoms with van der Waals surface area (Å²) in [6.07, 6.45) is -0.0234. The SMILES string of the molecule is COc1cc([C@@H]2C[C@H]3[C@H]4C(=O)N(Cc5cccs5)C(=O)[C@H]4C[C@H](CO[Si](c4ccccc4)(c4ccccc4)C(C)(C)C)[C@@]3(O)O2)cc(I)c1O. The van der Waals surface area contributed by atoms with E-state index in [0.717, 1.165) is 20.8 Å². The van der Waals surface area contributed by atoms with Gasteiger partial charge in [0.1, 0.15) is 0 Å². The normalized spacial score (nSPS) is 26.6. The number of carbonyl (C=O) groups is 2. The Morgan fingerprint density at radius 1 is 0.980 bits per heavy atom. The van der Waals surface area contributed by atoms with E-state index in [4.69, 9.17) is 13.9 Å². The minimum Gasteiger partial charge on any atom is -0.504 e. The summed E-state index contributed by atoms with van der Waals surface area (Å²) in [7, 11) is -1.52. The average molecular weight is 824 g/mol. The van der Waals surface area contributed by atoms with Gasteiger partial charge in [0.05, 0.1) is 35.2 Å². The molecule has 3 aromatic carbocycles. The third kappa shape index (κ3) is 5.83. The van der Waals surface area contributed by atoms with Gasteiger partial charge in [0.2, 0.25) is 11.8 Å². The molecule has 3 fully saturated rings. The number of aromatic hydroxyl groups is 1. The summed E-state index contributed by atoms with van der Waals surface area (Å²) in [5.74, 6) is -4.45. The number of carbonyl (C=O) groups excluding carboxylic acids is 2. The average Bonchev–Trinajstić information content (AvgIpc) is 3.81. The number of hydrogen-bond acceptors (Lipinski definition) is 8. The molecule has 1 aromatic heterocycles. The van der Waals surface area contributed by atoms with Crippen LogP contribution in [-0.2, 0) is 25.3 Å². The molecule has 0 radical (unpaired) electrons. The molecular formula is C39H42INO7SSi. The molecule has 50 heavy (non-hydrogen) atoms. The number of thiophene rings is 1. The lowest BCUT2D eigenvalue weighted by atomic mass is 9.64. The number of nitrogens with zero attached hydrogens (tertiary/aromatic N) is 1. The number of halogens is 1. The Balaban J connectivity index is 1.30. The van der Waals surface area contributed by atoms with Crippen LogP contribution in [0.1, 0.15) is 50.2 Å². The third-order valence-corrected chi connectivity index (χ3v) is 17.6.